The highest BCUT2D eigenvalue weighted by Gasteiger charge is 2.18. The number of nitrogens with zero attached hydrogens (tertiary/aromatic N) is 3. The molecule has 10 rings (SSSR count). The summed E-state index contributed by atoms with van der Waals surface area (Å²) in [5.41, 5.74) is 10.3. The van der Waals surface area contributed by atoms with Crippen molar-refractivity contribution in [3.63, 3.8) is 0 Å². The second-order valence-electron chi connectivity index (χ2n) is 12.8. The fourth-order valence-electron chi connectivity index (χ4n) is 7.19. The van der Waals surface area contributed by atoms with E-state index in [4.69, 9.17) is 15.0 Å². The summed E-state index contributed by atoms with van der Waals surface area (Å²) in [5, 5.41) is 6.27. The van der Waals surface area contributed by atoms with Crippen LogP contribution >= 0.6 is 11.3 Å². The van der Waals surface area contributed by atoms with Crippen molar-refractivity contribution < 1.29 is 0 Å². The molecule has 0 spiro atoms. The van der Waals surface area contributed by atoms with Crippen molar-refractivity contribution >= 4 is 53.2 Å². The second-order valence-corrected chi connectivity index (χ2v) is 13.8. The quantitative estimate of drug-likeness (QED) is 0.171. The van der Waals surface area contributed by atoms with Gasteiger partial charge in [-0.05, 0) is 46.2 Å². The first-order chi connectivity index (χ1) is 25.3. The highest BCUT2D eigenvalue weighted by molar-refractivity contribution is 7.26. The van der Waals surface area contributed by atoms with E-state index in [1.165, 1.54) is 36.3 Å². The van der Waals surface area contributed by atoms with Gasteiger partial charge in [-0.1, -0.05) is 152 Å². The van der Waals surface area contributed by atoms with Gasteiger partial charge in [0, 0.05) is 43.1 Å². The van der Waals surface area contributed by atoms with Crippen LogP contribution in [0.4, 0.5) is 0 Å². The van der Waals surface area contributed by atoms with Gasteiger partial charge in [0.1, 0.15) is 0 Å². The van der Waals surface area contributed by atoms with Crippen LogP contribution in [0.15, 0.2) is 176 Å². The molecule has 0 saturated carbocycles. The standard InChI is InChI=1S/C47H29N3S/c1-3-13-32(14-4-1)40-29-41(50-47(49-40)34-15-5-2-6-16-34)33-24-22-30(23-25-33)35-17-11-18-36(28-35)45-46-44(38-20-9-10-21-42(38)51-46)43-37-19-8-7-12-31(37)26-27-39(43)48-45/h1-29H. The second kappa shape index (κ2) is 12.1. The van der Waals surface area contributed by atoms with E-state index < -0.39 is 0 Å². The lowest BCUT2D eigenvalue weighted by molar-refractivity contribution is 1.18. The Bertz CT molecular complexity index is 2840. The summed E-state index contributed by atoms with van der Waals surface area (Å²) in [6.07, 6.45) is 0. The Morgan fingerprint density at radius 2 is 0.980 bits per heavy atom. The van der Waals surface area contributed by atoms with Crippen molar-refractivity contribution in [1.29, 1.82) is 0 Å². The summed E-state index contributed by atoms with van der Waals surface area (Å²) in [6, 6.07) is 61.8. The lowest BCUT2D eigenvalue weighted by Gasteiger charge is -2.12. The molecule has 3 nitrogen and oxygen atoms in total. The predicted molar refractivity (Wildman–Crippen MR) is 215 cm³/mol. The van der Waals surface area contributed by atoms with Crippen molar-refractivity contribution in [1.82, 2.24) is 15.0 Å². The third-order valence-corrected chi connectivity index (χ3v) is 10.9. The van der Waals surface area contributed by atoms with Crippen LogP contribution in [0.25, 0.3) is 98.1 Å². The maximum absolute atomic E-state index is 5.37. The number of rotatable bonds is 5. The first kappa shape index (κ1) is 29.4. The summed E-state index contributed by atoms with van der Waals surface area (Å²) in [6.45, 7) is 0. The van der Waals surface area contributed by atoms with E-state index in [9.17, 15) is 0 Å². The summed E-state index contributed by atoms with van der Waals surface area (Å²) in [5.74, 6) is 0.715. The third-order valence-electron chi connectivity index (χ3n) is 9.68. The lowest BCUT2D eigenvalue weighted by Crippen LogP contribution is -1.95. The smallest absolute Gasteiger partial charge is 0.160 e. The van der Waals surface area contributed by atoms with Gasteiger partial charge in [-0.2, -0.15) is 0 Å². The Labute approximate surface area is 299 Å². The van der Waals surface area contributed by atoms with E-state index in [1.54, 1.807) is 0 Å². The number of thiophene rings is 1. The molecule has 7 aromatic carbocycles. The average molecular weight is 668 g/mol. The molecule has 0 aliphatic rings. The highest BCUT2D eigenvalue weighted by Crippen LogP contribution is 2.45. The minimum Gasteiger partial charge on any atom is -0.246 e. The van der Waals surface area contributed by atoms with Gasteiger partial charge < -0.3 is 0 Å². The first-order valence-corrected chi connectivity index (χ1v) is 17.9. The highest BCUT2D eigenvalue weighted by atomic mass is 32.1. The van der Waals surface area contributed by atoms with E-state index in [2.05, 4.69) is 140 Å². The fraction of sp³-hybridized carbons (Fsp3) is 0. The Morgan fingerprint density at radius 3 is 1.76 bits per heavy atom. The molecule has 0 saturated heterocycles. The van der Waals surface area contributed by atoms with Crippen LogP contribution < -0.4 is 0 Å². The molecular weight excluding hydrogens is 639 g/mol. The van der Waals surface area contributed by atoms with Gasteiger partial charge in [0.2, 0.25) is 0 Å². The van der Waals surface area contributed by atoms with Gasteiger partial charge in [0.15, 0.2) is 5.82 Å². The number of hydrogen-bond acceptors (Lipinski definition) is 4. The van der Waals surface area contributed by atoms with Crippen LogP contribution in [0.3, 0.4) is 0 Å². The fourth-order valence-corrected chi connectivity index (χ4v) is 8.41. The van der Waals surface area contributed by atoms with Crippen LogP contribution in [-0.4, -0.2) is 15.0 Å². The number of pyridine rings is 1. The molecule has 0 bridgehead atoms. The molecule has 0 fully saturated rings. The van der Waals surface area contributed by atoms with Gasteiger partial charge in [-0.3, -0.25) is 0 Å². The normalized spacial score (nSPS) is 11.5. The van der Waals surface area contributed by atoms with Crippen LogP contribution in [0, 0.1) is 0 Å². The molecule has 10 aromatic rings. The molecule has 0 atom stereocenters. The van der Waals surface area contributed by atoms with Gasteiger partial charge in [-0.15, -0.1) is 11.3 Å². The van der Waals surface area contributed by atoms with Crippen LogP contribution in [0.1, 0.15) is 0 Å². The largest absolute Gasteiger partial charge is 0.246 e. The predicted octanol–water partition coefficient (Wildman–Crippen LogP) is 12.9. The Kier molecular flexibility index (Phi) is 7.00. The lowest BCUT2D eigenvalue weighted by atomic mass is 9.96. The Hall–Kier alpha value is -6.49. The molecule has 0 aliphatic carbocycles. The maximum atomic E-state index is 5.37. The topological polar surface area (TPSA) is 38.7 Å². The van der Waals surface area contributed by atoms with Gasteiger partial charge in [0.05, 0.1) is 27.3 Å². The zero-order chi connectivity index (χ0) is 33.7. The van der Waals surface area contributed by atoms with Gasteiger partial charge >= 0.3 is 0 Å². The molecule has 3 heterocycles. The molecule has 0 unspecified atom stereocenters. The van der Waals surface area contributed by atoms with Gasteiger partial charge in [-0.25, -0.2) is 15.0 Å². The monoisotopic (exact) mass is 667 g/mol. The molecule has 0 N–H and O–H groups in total. The third kappa shape index (κ3) is 5.16. The molecule has 0 amide bonds. The summed E-state index contributed by atoms with van der Waals surface area (Å²) < 4.78 is 2.50. The molecule has 0 aliphatic heterocycles. The van der Waals surface area contributed by atoms with E-state index in [1.807, 2.05) is 47.7 Å². The molecule has 238 valence electrons. The minimum atomic E-state index is 0.715. The molecule has 4 heteroatoms. The Balaban J connectivity index is 1.08. The SMILES string of the molecule is c1ccc(-c2cc(-c3ccc(-c4cccc(-c5nc6ccc7ccccc7c6c6c5sc5ccccc56)c4)cc3)nc(-c3ccccc3)n2)cc1. The average Bonchev–Trinajstić information content (AvgIpc) is 3.61. The van der Waals surface area contributed by atoms with Crippen molar-refractivity contribution in [2.45, 2.75) is 0 Å². The number of hydrogen-bond donors (Lipinski definition) is 0. The van der Waals surface area contributed by atoms with Crippen molar-refractivity contribution in [2.75, 3.05) is 0 Å². The van der Waals surface area contributed by atoms with E-state index in [0.717, 1.165) is 56.0 Å². The maximum Gasteiger partial charge on any atom is 0.160 e. The zero-order valence-corrected chi connectivity index (χ0v) is 28.3. The zero-order valence-electron chi connectivity index (χ0n) is 27.5. The Morgan fingerprint density at radius 1 is 0.373 bits per heavy atom. The van der Waals surface area contributed by atoms with Crippen molar-refractivity contribution in [3.05, 3.63) is 176 Å². The van der Waals surface area contributed by atoms with Crippen molar-refractivity contribution in [2.24, 2.45) is 0 Å². The summed E-state index contributed by atoms with van der Waals surface area (Å²) in [7, 11) is 0. The minimum absolute atomic E-state index is 0.715. The van der Waals surface area contributed by atoms with Crippen molar-refractivity contribution in [3.8, 4) is 56.3 Å². The van der Waals surface area contributed by atoms with Crippen LogP contribution in [0.5, 0.6) is 0 Å². The van der Waals surface area contributed by atoms with Crippen LogP contribution in [-0.2, 0) is 0 Å². The van der Waals surface area contributed by atoms with Gasteiger partial charge in [0.25, 0.3) is 0 Å². The van der Waals surface area contributed by atoms with Crippen LogP contribution in [0.2, 0.25) is 0 Å². The molecule has 0 radical (unpaired) electrons. The van der Waals surface area contributed by atoms with E-state index in [-0.39, 0.29) is 0 Å². The molecule has 3 aromatic heterocycles. The van der Waals surface area contributed by atoms with E-state index in [0.29, 0.717) is 5.82 Å². The van der Waals surface area contributed by atoms with E-state index >= 15 is 0 Å². The molecule has 51 heavy (non-hydrogen) atoms. The summed E-state index contributed by atoms with van der Waals surface area (Å²) >= 11 is 1.83. The molecular formula is C47H29N3S. The number of benzene rings is 7. The first-order valence-electron chi connectivity index (χ1n) is 17.1. The summed E-state index contributed by atoms with van der Waals surface area (Å²) in [4.78, 5) is 15.4. The number of fused-ring (bicyclic) bond motifs is 7. The number of aromatic nitrogens is 3.